The van der Waals surface area contributed by atoms with Gasteiger partial charge in [0.1, 0.15) is 0 Å². The zero-order valence-electron chi connectivity index (χ0n) is 13.6. The van der Waals surface area contributed by atoms with Crippen LogP contribution in [0.25, 0.3) is 0 Å². The third kappa shape index (κ3) is 2.50. The van der Waals surface area contributed by atoms with E-state index in [2.05, 4.69) is 39.9 Å². The molecule has 1 N–H and O–H groups in total. The Bertz CT molecular complexity index is 565. The Morgan fingerprint density at radius 1 is 1.32 bits per heavy atom. The SMILES string of the molecule is C[C@@H](C(=O)N1CCN(c2cc(C3(C)CC3)[nH]n2)CC1)C1CC1. The van der Waals surface area contributed by atoms with Crippen LogP contribution in [-0.4, -0.2) is 47.2 Å². The smallest absolute Gasteiger partial charge is 0.225 e. The molecule has 1 aromatic heterocycles. The predicted molar refractivity (Wildman–Crippen MR) is 85.9 cm³/mol. The number of hydrogen-bond donors (Lipinski definition) is 1. The van der Waals surface area contributed by atoms with E-state index in [1.807, 2.05) is 0 Å². The summed E-state index contributed by atoms with van der Waals surface area (Å²) in [6, 6.07) is 2.21. The first-order valence-electron chi connectivity index (χ1n) is 8.66. The van der Waals surface area contributed by atoms with Crippen LogP contribution < -0.4 is 4.90 Å². The normalized spacial score (nSPS) is 25.2. The number of anilines is 1. The molecule has 22 heavy (non-hydrogen) atoms. The summed E-state index contributed by atoms with van der Waals surface area (Å²) < 4.78 is 0. The second-order valence-corrected chi connectivity index (χ2v) is 7.64. The molecule has 5 heteroatoms. The van der Waals surface area contributed by atoms with Crippen LogP contribution in [0.4, 0.5) is 5.82 Å². The fourth-order valence-electron chi connectivity index (χ4n) is 3.48. The van der Waals surface area contributed by atoms with Gasteiger partial charge in [0.2, 0.25) is 5.91 Å². The van der Waals surface area contributed by atoms with Gasteiger partial charge in [-0.2, -0.15) is 5.10 Å². The van der Waals surface area contributed by atoms with Crippen LogP contribution in [-0.2, 0) is 10.2 Å². The molecule has 0 spiro atoms. The van der Waals surface area contributed by atoms with Crippen LogP contribution >= 0.6 is 0 Å². The van der Waals surface area contributed by atoms with E-state index < -0.39 is 0 Å². The Morgan fingerprint density at radius 2 is 2.00 bits per heavy atom. The minimum absolute atomic E-state index is 0.221. The number of carbonyl (C=O) groups is 1. The fourth-order valence-corrected chi connectivity index (χ4v) is 3.48. The van der Waals surface area contributed by atoms with E-state index in [4.69, 9.17) is 0 Å². The first-order chi connectivity index (χ1) is 10.6. The van der Waals surface area contributed by atoms with Gasteiger partial charge in [-0.1, -0.05) is 13.8 Å². The highest BCUT2D eigenvalue weighted by molar-refractivity contribution is 5.79. The first kappa shape index (κ1) is 14.1. The average molecular weight is 302 g/mol. The molecule has 0 unspecified atom stereocenters. The molecule has 0 aromatic carbocycles. The van der Waals surface area contributed by atoms with Gasteiger partial charge in [-0.3, -0.25) is 9.89 Å². The summed E-state index contributed by atoms with van der Waals surface area (Å²) in [5, 5.41) is 7.70. The van der Waals surface area contributed by atoms with E-state index in [9.17, 15) is 4.79 Å². The number of hydrogen-bond acceptors (Lipinski definition) is 3. The number of rotatable bonds is 4. The van der Waals surface area contributed by atoms with E-state index in [1.54, 1.807) is 0 Å². The predicted octanol–water partition coefficient (Wildman–Crippen LogP) is 2.16. The minimum Gasteiger partial charge on any atom is -0.352 e. The molecule has 5 nitrogen and oxygen atoms in total. The summed E-state index contributed by atoms with van der Waals surface area (Å²) in [4.78, 5) is 16.8. The van der Waals surface area contributed by atoms with Crippen molar-refractivity contribution in [3.63, 3.8) is 0 Å². The van der Waals surface area contributed by atoms with Gasteiger partial charge >= 0.3 is 0 Å². The molecule has 2 saturated carbocycles. The average Bonchev–Trinajstić information content (AvgIpc) is 3.46. The number of aromatic amines is 1. The molecule has 120 valence electrons. The van der Waals surface area contributed by atoms with E-state index in [1.165, 1.54) is 31.4 Å². The van der Waals surface area contributed by atoms with Crippen molar-refractivity contribution in [3.8, 4) is 0 Å². The molecule has 1 atom stereocenters. The zero-order valence-corrected chi connectivity index (χ0v) is 13.6. The lowest BCUT2D eigenvalue weighted by atomic mass is 10.0. The third-order valence-corrected chi connectivity index (χ3v) is 5.85. The van der Waals surface area contributed by atoms with Crippen LogP contribution in [0.2, 0.25) is 0 Å². The van der Waals surface area contributed by atoms with Gasteiger partial charge < -0.3 is 9.80 Å². The molecule has 1 amide bonds. The number of nitrogens with zero attached hydrogens (tertiary/aromatic N) is 3. The number of H-pyrrole nitrogens is 1. The van der Waals surface area contributed by atoms with Crippen LogP contribution in [0.3, 0.4) is 0 Å². The summed E-state index contributed by atoms with van der Waals surface area (Å²) in [6.07, 6.45) is 5.00. The summed E-state index contributed by atoms with van der Waals surface area (Å²) in [5.41, 5.74) is 1.60. The van der Waals surface area contributed by atoms with E-state index in [0.717, 1.165) is 32.0 Å². The molecular formula is C17H26N4O. The summed E-state index contributed by atoms with van der Waals surface area (Å²) in [6.45, 7) is 7.84. The molecule has 1 aromatic rings. The van der Waals surface area contributed by atoms with Crippen LogP contribution in [0.1, 0.15) is 45.2 Å². The molecule has 1 aliphatic heterocycles. The van der Waals surface area contributed by atoms with Crippen molar-refractivity contribution in [1.29, 1.82) is 0 Å². The van der Waals surface area contributed by atoms with Crippen molar-refractivity contribution in [2.45, 2.75) is 44.9 Å². The Morgan fingerprint density at radius 3 is 2.59 bits per heavy atom. The number of nitrogens with one attached hydrogen (secondary N) is 1. The number of carbonyl (C=O) groups excluding carboxylic acids is 1. The van der Waals surface area contributed by atoms with E-state index in [-0.39, 0.29) is 5.92 Å². The monoisotopic (exact) mass is 302 g/mol. The van der Waals surface area contributed by atoms with Gasteiger partial charge in [-0.05, 0) is 31.6 Å². The van der Waals surface area contributed by atoms with Gasteiger partial charge in [0, 0.05) is 49.3 Å². The van der Waals surface area contributed by atoms with Crippen molar-refractivity contribution >= 4 is 11.7 Å². The molecule has 2 heterocycles. The largest absolute Gasteiger partial charge is 0.352 e. The van der Waals surface area contributed by atoms with Crippen molar-refractivity contribution in [2.24, 2.45) is 11.8 Å². The van der Waals surface area contributed by atoms with Gasteiger partial charge in [-0.15, -0.1) is 0 Å². The van der Waals surface area contributed by atoms with Gasteiger partial charge in [-0.25, -0.2) is 0 Å². The zero-order chi connectivity index (χ0) is 15.3. The molecule has 2 aliphatic carbocycles. The molecule has 4 rings (SSSR count). The van der Waals surface area contributed by atoms with Crippen LogP contribution in [0, 0.1) is 11.8 Å². The second-order valence-electron chi connectivity index (χ2n) is 7.64. The highest BCUT2D eigenvalue weighted by Crippen LogP contribution is 2.47. The number of amides is 1. The topological polar surface area (TPSA) is 52.2 Å². The van der Waals surface area contributed by atoms with Crippen LogP contribution in [0.5, 0.6) is 0 Å². The third-order valence-electron chi connectivity index (χ3n) is 5.85. The lowest BCUT2D eigenvalue weighted by Crippen LogP contribution is -2.50. The van der Waals surface area contributed by atoms with Crippen molar-refractivity contribution in [2.75, 3.05) is 31.1 Å². The Hall–Kier alpha value is -1.52. The maximum absolute atomic E-state index is 12.5. The Balaban J connectivity index is 1.35. The fraction of sp³-hybridized carbons (Fsp3) is 0.765. The standard InChI is InChI=1S/C17H26N4O/c1-12(13-3-4-13)16(22)21-9-7-20(8-10-21)15-11-14(18-19-15)17(2)5-6-17/h11-13H,3-10H2,1-2H3,(H,18,19)/t12-/m1/s1. The molecule has 0 radical (unpaired) electrons. The highest BCUT2D eigenvalue weighted by atomic mass is 16.2. The lowest BCUT2D eigenvalue weighted by Gasteiger charge is -2.36. The van der Waals surface area contributed by atoms with Gasteiger partial charge in [0.05, 0.1) is 0 Å². The molecule has 1 saturated heterocycles. The van der Waals surface area contributed by atoms with E-state index >= 15 is 0 Å². The molecule has 0 bridgehead atoms. The quantitative estimate of drug-likeness (QED) is 0.927. The maximum atomic E-state index is 12.5. The van der Waals surface area contributed by atoms with Crippen molar-refractivity contribution in [1.82, 2.24) is 15.1 Å². The maximum Gasteiger partial charge on any atom is 0.225 e. The number of aromatic nitrogens is 2. The van der Waals surface area contributed by atoms with Crippen molar-refractivity contribution < 1.29 is 4.79 Å². The molecular weight excluding hydrogens is 276 g/mol. The van der Waals surface area contributed by atoms with Gasteiger partial charge in [0.25, 0.3) is 0 Å². The minimum atomic E-state index is 0.221. The summed E-state index contributed by atoms with van der Waals surface area (Å²) >= 11 is 0. The van der Waals surface area contributed by atoms with Crippen molar-refractivity contribution in [3.05, 3.63) is 11.8 Å². The Labute approximate surface area is 132 Å². The number of piperazine rings is 1. The van der Waals surface area contributed by atoms with Crippen LogP contribution in [0.15, 0.2) is 6.07 Å². The molecule has 3 fully saturated rings. The van der Waals surface area contributed by atoms with Gasteiger partial charge in [0.15, 0.2) is 5.82 Å². The lowest BCUT2D eigenvalue weighted by molar-refractivity contribution is -0.135. The first-order valence-corrected chi connectivity index (χ1v) is 8.66. The van der Waals surface area contributed by atoms with E-state index in [0.29, 0.717) is 17.2 Å². The summed E-state index contributed by atoms with van der Waals surface area (Å²) in [5.74, 6) is 2.28. The summed E-state index contributed by atoms with van der Waals surface area (Å²) in [7, 11) is 0. The second kappa shape index (κ2) is 5.00. The highest BCUT2D eigenvalue weighted by Gasteiger charge is 2.41. The Kier molecular flexibility index (Phi) is 3.20. The molecule has 3 aliphatic rings.